The number of phenolic OH excluding ortho intramolecular Hbond substituents is 1. The number of aromatic hydroxyl groups is 1. The Morgan fingerprint density at radius 1 is 1.28 bits per heavy atom. The molecule has 0 bridgehead atoms. The minimum Gasteiger partial charge on any atom is -0.506 e. The van der Waals surface area contributed by atoms with Gasteiger partial charge in [0.15, 0.2) is 0 Å². The van der Waals surface area contributed by atoms with Crippen LogP contribution in [-0.2, 0) is 6.42 Å². The summed E-state index contributed by atoms with van der Waals surface area (Å²) in [5.74, 6) is 0.259. The Hall–Kier alpha value is -1.58. The molecule has 0 fully saturated rings. The number of hydrogen-bond donors (Lipinski definition) is 2. The molecule has 1 aromatic carbocycles. The van der Waals surface area contributed by atoms with Gasteiger partial charge in [-0.2, -0.15) is 0 Å². The summed E-state index contributed by atoms with van der Waals surface area (Å²) in [4.78, 5) is 4.32. The fourth-order valence-electron chi connectivity index (χ4n) is 1.89. The van der Waals surface area contributed by atoms with E-state index in [1.54, 1.807) is 18.3 Å². The Bertz CT molecular complexity index is 516. The third-order valence-electron chi connectivity index (χ3n) is 2.88. The lowest BCUT2D eigenvalue weighted by Crippen LogP contribution is -2.16. The first-order chi connectivity index (χ1) is 8.70. The fraction of sp³-hybridized carbons (Fsp3) is 0.214. The average Bonchev–Trinajstić information content (AvgIpc) is 2.41. The highest BCUT2D eigenvalue weighted by Crippen LogP contribution is 2.26. The Kier molecular flexibility index (Phi) is 4.18. The van der Waals surface area contributed by atoms with Crippen LogP contribution in [0.4, 0.5) is 0 Å². The van der Waals surface area contributed by atoms with Crippen LogP contribution in [-0.4, -0.2) is 16.6 Å². The highest BCUT2D eigenvalue weighted by atomic mass is 35.5. The van der Waals surface area contributed by atoms with Gasteiger partial charge in [0, 0.05) is 24.4 Å². The lowest BCUT2D eigenvalue weighted by Gasteiger charge is -2.14. The highest BCUT2D eigenvalue weighted by Gasteiger charge is 2.12. The zero-order valence-corrected chi connectivity index (χ0v) is 10.6. The topological polar surface area (TPSA) is 59.1 Å². The van der Waals surface area contributed by atoms with Crippen LogP contribution < -0.4 is 5.73 Å². The summed E-state index contributed by atoms with van der Waals surface area (Å²) in [6.45, 7) is 0.523. The molecule has 0 aliphatic rings. The maximum absolute atomic E-state index is 9.38. The first kappa shape index (κ1) is 12.9. The number of halogens is 1. The highest BCUT2D eigenvalue weighted by molar-refractivity contribution is 6.32. The lowest BCUT2D eigenvalue weighted by atomic mass is 9.96. The lowest BCUT2D eigenvalue weighted by molar-refractivity contribution is 0.475. The molecule has 3 N–H and O–H groups in total. The summed E-state index contributed by atoms with van der Waals surface area (Å²) in [7, 11) is 0. The monoisotopic (exact) mass is 262 g/mol. The van der Waals surface area contributed by atoms with Gasteiger partial charge in [0.1, 0.15) is 5.75 Å². The molecular formula is C14H15ClN2O. The molecular weight excluding hydrogens is 248 g/mol. The molecule has 1 unspecified atom stereocenters. The number of phenols is 1. The minimum atomic E-state index is 0.0996. The second-order valence-electron chi connectivity index (χ2n) is 4.18. The molecule has 1 aromatic heterocycles. The van der Waals surface area contributed by atoms with E-state index < -0.39 is 0 Å². The fourth-order valence-corrected chi connectivity index (χ4v) is 2.09. The van der Waals surface area contributed by atoms with E-state index in [9.17, 15) is 5.11 Å². The second-order valence-corrected chi connectivity index (χ2v) is 4.58. The molecule has 1 atom stereocenters. The molecule has 0 saturated carbocycles. The number of benzene rings is 1. The Morgan fingerprint density at radius 2 is 2.11 bits per heavy atom. The van der Waals surface area contributed by atoms with Crippen molar-refractivity contribution in [3.05, 3.63) is 58.9 Å². The van der Waals surface area contributed by atoms with E-state index in [-0.39, 0.29) is 11.7 Å². The number of pyridine rings is 1. The van der Waals surface area contributed by atoms with Gasteiger partial charge in [-0.15, -0.1) is 0 Å². The molecule has 1 heterocycles. The second kappa shape index (κ2) is 5.85. The van der Waals surface area contributed by atoms with Crippen molar-refractivity contribution in [2.45, 2.75) is 12.3 Å². The van der Waals surface area contributed by atoms with Crippen LogP contribution in [0.3, 0.4) is 0 Å². The summed E-state index contributed by atoms with van der Waals surface area (Å²) >= 11 is 5.89. The average molecular weight is 263 g/mol. The van der Waals surface area contributed by atoms with Crippen molar-refractivity contribution in [3.8, 4) is 5.75 Å². The van der Waals surface area contributed by atoms with Crippen LogP contribution in [0, 0.1) is 0 Å². The van der Waals surface area contributed by atoms with Crippen LogP contribution >= 0.6 is 11.6 Å². The molecule has 0 aliphatic heterocycles. The van der Waals surface area contributed by atoms with Gasteiger partial charge < -0.3 is 10.8 Å². The van der Waals surface area contributed by atoms with Crippen molar-refractivity contribution < 1.29 is 5.11 Å². The Morgan fingerprint density at radius 3 is 2.72 bits per heavy atom. The van der Waals surface area contributed by atoms with E-state index in [0.29, 0.717) is 11.6 Å². The third-order valence-corrected chi connectivity index (χ3v) is 3.19. The van der Waals surface area contributed by atoms with E-state index in [0.717, 1.165) is 17.7 Å². The quantitative estimate of drug-likeness (QED) is 0.891. The van der Waals surface area contributed by atoms with Gasteiger partial charge >= 0.3 is 0 Å². The molecule has 18 heavy (non-hydrogen) atoms. The molecule has 0 radical (unpaired) electrons. The molecule has 94 valence electrons. The van der Waals surface area contributed by atoms with E-state index in [2.05, 4.69) is 4.98 Å². The molecule has 0 spiro atoms. The van der Waals surface area contributed by atoms with Crippen molar-refractivity contribution in [1.29, 1.82) is 0 Å². The largest absolute Gasteiger partial charge is 0.506 e. The van der Waals surface area contributed by atoms with Gasteiger partial charge in [-0.05, 0) is 36.2 Å². The van der Waals surface area contributed by atoms with E-state index in [4.69, 9.17) is 17.3 Å². The standard InChI is InChI=1S/C14H15ClN2O/c15-12-8-10(4-5-14(12)18)7-11(9-16)13-3-1-2-6-17-13/h1-6,8,11,18H,7,9,16H2. The smallest absolute Gasteiger partial charge is 0.134 e. The molecule has 0 aliphatic carbocycles. The number of aromatic nitrogens is 1. The van der Waals surface area contributed by atoms with Crippen molar-refractivity contribution in [3.63, 3.8) is 0 Å². The van der Waals surface area contributed by atoms with Gasteiger partial charge in [0.25, 0.3) is 0 Å². The molecule has 4 heteroatoms. The summed E-state index contributed by atoms with van der Waals surface area (Å²) in [6.07, 6.45) is 2.52. The number of hydrogen-bond acceptors (Lipinski definition) is 3. The van der Waals surface area contributed by atoms with Crippen LogP contribution in [0.25, 0.3) is 0 Å². The Labute approximate surface area is 111 Å². The predicted molar refractivity (Wildman–Crippen MR) is 72.9 cm³/mol. The van der Waals surface area contributed by atoms with E-state index in [1.165, 1.54) is 0 Å². The zero-order valence-electron chi connectivity index (χ0n) is 9.88. The Balaban J connectivity index is 2.18. The maximum atomic E-state index is 9.38. The molecule has 2 aromatic rings. The normalized spacial score (nSPS) is 12.3. The first-order valence-electron chi connectivity index (χ1n) is 5.79. The third kappa shape index (κ3) is 3.00. The van der Waals surface area contributed by atoms with Crippen molar-refractivity contribution in [2.24, 2.45) is 5.73 Å². The predicted octanol–water partition coefficient (Wildman–Crippen LogP) is 2.73. The number of nitrogens with zero attached hydrogens (tertiary/aromatic N) is 1. The number of rotatable bonds is 4. The van der Waals surface area contributed by atoms with E-state index in [1.807, 2.05) is 24.3 Å². The molecule has 2 rings (SSSR count). The zero-order chi connectivity index (χ0) is 13.0. The van der Waals surface area contributed by atoms with Crippen molar-refractivity contribution in [1.82, 2.24) is 4.98 Å². The summed E-state index contributed by atoms with van der Waals surface area (Å²) in [5.41, 5.74) is 7.81. The first-order valence-corrected chi connectivity index (χ1v) is 6.17. The molecule has 0 amide bonds. The van der Waals surface area contributed by atoms with Crippen LogP contribution in [0.2, 0.25) is 5.02 Å². The van der Waals surface area contributed by atoms with Gasteiger partial charge in [0.05, 0.1) is 5.02 Å². The van der Waals surface area contributed by atoms with Crippen LogP contribution in [0.1, 0.15) is 17.2 Å². The summed E-state index contributed by atoms with van der Waals surface area (Å²) in [6, 6.07) is 11.0. The molecule has 3 nitrogen and oxygen atoms in total. The summed E-state index contributed by atoms with van der Waals surface area (Å²) < 4.78 is 0. The summed E-state index contributed by atoms with van der Waals surface area (Å²) in [5, 5.41) is 9.75. The van der Waals surface area contributed by atoms with Gasteiger partial charge in [0.2, 0.25) is 0 Å². The number of nitrogens with two attached hydrogens (primary N) is 1. The van der Waals surface area contributed by atoms with Gasteiger partial charge in [-0.1, -0.05) is 23.7 Å². The SMILES string of the molecule is NCC(Cc1ccc(O)c(Cl)c1)c1ccccn1. The van der Waals surface area contributed by atoms with Gasteiger partial charge in [-0.25, -0.2) is 0 Å². The van der Waals surface area contributed by atoms with Gasteiger partial charge in [-0.3, -0.25) is 4.98 Å². The minimum absolute atomic E-state index is 0.0996. The molecule has 0 saturated heterocycles. The maximum Gasteiger partial charge on any atom is 0.134 e. The van der Waals surface area contributed by atoms with Crippen LogP contribution in [0.5, 0.6) is 5.75 Å². The van der Waals surface area contributed by atoms with Crippen molar-refractivity contribution >= 4 is 11.6 Å². The van der Waals surface area contributed by atoms with Crippen molar-refractivity contribution in [2.75, 3.05) is 6.54 Å². The van der Waals surface area contributed by atoms with Crippen LogP contribution in [0.15, 0.2) is 42.6 Å². The van der Waals surface area contributed by atoms with E-state index >= 15 is 0 Å².